The van der Waals surface area contributed by atoms with Crippen molar-refractivity contribution in [3.63, 3.8) is 0 Å². The van der Waals surface area contributed by atoms with Crippen LogP contribution in [0.1, 0.15) is 30.4 Å². The third-order valence-corrected chi connectivity index (χ3v) is 3.00. The first-order chi connectivity index (χ1) is 8.65. The zero-order valence-electron chi connectivity index (χ0n) is 10.5. The Bertz CT molecular complexity index is 453. The van der Waals surface area contributed by atoms with E-state index >= 15 is 0 Å². The van der Waals surface area contributed by atoms with Gasteiger partial charge >= 0.3 is 0 Å². The number of hydrogen-bond donors (Lipinski definition) is 2. The van der Waals surface area contributed by atoms with E-state index in [1.54, 1.807) is 0 Å². The molecule has 1 aliphatic carbocycles. The third kappa shape index (κ3) is 3.87. The minimum atomic E-state index is -0.226. The molecule has 4 heteroatoms. The highest BCUT2D eigenvalue weighted by Crippen LogP contribution is 2.18. The molecule has 1 fully saturated rings. The Morgan fingerprint density at radius 3 is 2.61 bits per heavy atom. The molecule has 0 heterocycles. The van der Waals surface area contributed by atoms with Gasteiger partial charge in [0.15, 0.2) is 0 Å². The quantitative estimate of drug-likeness (QED) is 0.769. The molecule has 0 unspecified atom stereocenters. The van der Waals surface area contributed by atoms with Gasteiger partial charge in [-0.05, 0) is 30.9 Å². The largest absolute Gasteiger partial charge is 0.353 e. The highest BCUT2D eigenvalue weighted by molar-refractivity contribution is 5.97. The van der Waals surface area contributed by atoms with E-state index in [1.165, 1.54) is 0 Å². The number of hydrogen-bond acceptors (Lipinski definition) is 2. The number of nitrogens with one attached hydrogen (secondary N) is 2. The first-order valence-electron chi connectivity index (χ1n) is 6.25. The van der Waals surface area contributed by atoms with Gasteiger partial charge in [-0.2, -0.15) is 0 Å². The van der Waals surface area contributed by atoms with E-state index in [9.17, 15) is 9.59 Å². The van der Waals surface area contributed by atoms with Crippen molar-refractivity contribution in [2.24, 2.45) is 0 Å². The third-order valence-electron chi connectivity index (χ3n) is 3.00. The van der Waals surface area contributed by atoms with E-state index in [1.807, 2.05) is 31.2 Å². The molecule has 2 N–H and O–H groups in total. The van der Waals surface area contributed by atoms with Crippen LogP contribution < -0.4 is 10.6 Å². The summed E-state index contributed by atoms with van der Waals surface area (Å²) < 4.78 is 0. The molecule has 4 nitrogen and oxygen atoms in total. The number of benzene rings is 1. The van der Waals surface area contributed by atoms with Crippen LogP contribution in [0.4, 0.5) is 0 Å². The summed E-state index contributed by atoms with van der Waals surface area (Å²) in [5.74, 6) is -0.406. The number of carbonyl (C=O) groups excluding carboxylic acids is 2. The van der Waals surface area contributed by atoms with E-state index < -0.39 is 0 Å². The average Bonchev–Trinajstić information content (AvgIpc) is 3.11. The highest BCUT2D eigenvalue weighted by atomic mass is 16.2. The number of rotatable bonds is 5. The number of aryl methyl sites for hydroxylation is 1. The van der Waals surface area contributed by atoms with Crippen LogP contribution in [-0.2, 0) is 16.1 Å². The van der Waals surface area contributed by atoms with E-state index in [0.717, 1.165) is 24.0 Å². The van der Waals surface area contributed by atoms with Crippen molar-refractivity contribution in [2.75, 3.05) is 0 Å². The maximum atomic E-state index is 11.6. The molecule has 0 bridgehead atoms. The minimum Gasteiger partial charge on any atom is -0.353 e. The van der Waals surface area contributed by atoms with E-state index in [0.29, 0.717) is 12.6 Å². The van der Waals surface area contributed by atoms with Gasteiger partial charge in [0.1, 0.15) is 6.42 Å². The lowest BCUT2D eigenvalue weighted by molar-refractivity contribution is -0.129. The molecule has 1 aliphatic rings. The molecular formula is C14H18N2O2. The van der Waals surface area contributed by atoms with Crippen molar-refractivity contribution in [3.05, 3.63) is 35.4 Å². The Morgan fingerprint density at radius 1 is 1.22 bits per heavy atom. The molecule has 2 rings (SSSR count). The Hall–Kier alpha value is -1.84. The van der Waals surface area contributed by atoms with Crippen molar-refractivity contribution >= 4 is 11.8 Å². The molecule has 0 atom stereocenters. The molecule has 18 heavy (non-hydrogen) atoms. The average molecular weight is 246 g/mol. The van der Waals surface area contributed by atoms with E-state index in [-0.39, 0.29) is 18.2 Å². The Kier molecular flexibility index (Phi) is 3.97. The molecule has 0 radical (unpaired) electrons. The first-order valence-corrected chi connectivity index (χ1v) is 6.25. The van der Waals surface area contributed by atoms with Gasteiger partial charge in [0.2, 0.25) is 11.8 Å². The Balaban J connectivity index is 1.74. The molecule has 0 saturated heterocycles. The summed E-state index contributed by atoms with van der Waals surface area (Å²) in [4.78, 5) is 23.0. The summed E-state index contributed by atoms with van der Waals surface area (Å²) >= 11 is 0. The summed E-state index contributed by atoms with van der Waals surface area (Å²) in [6.07, 6.45) is 2.00. The van der Waals surface area contributed by atoms with Crippen molar-refractivity contribution in [1.29, 1.82) is 0 Å². The number of carbonyl (C=O) groups is 2. The van der Waals surface area contributed by atoms with Crippen LogP contribution in [0.5, 0.6) is 0 Å². The fourth-order valence-corrected chi connectivity index (χ4v) is 1.72. The highest BCUT2D eigenvalue weighted by Gasteiger charge is 2.23. The predicted molar refractivity (Wildman–Crippen MR) is 68.8 cm³/mol. The molecular weight excluding hydrogens is 228 g/mol. The van der Waals surface area contributed by atoms with Gasteiger partial charge in [-0.3, -0.25) is 9.59 Å². The minimum absolute atomic E-state index is 0.0810. The van der Waals surface area contributed by atoms with Gasteiger partial charge in [0.25, 0.3) is 0 Å². The first kappa shape index (κ1) is 12.6. The maximum Gasteiger partial charge on any atom is 0.229 e. The zero-order valence-corrected chi connectivity index (χ0v) is 10.5. The van der Waals surface area contributed by atoms with Crippen LogP contribution in [-0.4, -0.2) is 17.9 Å². The summed E-state index contributed by atoms with van der Waals surface area (Å²) in [6.45, 7) is 2.48. The van der Waals surface area contributed by atoms with Crippen LogP contribution in [0.2, 0.25) is 0 Å². The molecule has 0 spiro atoms. The van der Waals surface area contributed by atoms with Crippen LogP contribution >= 0.6 is 0 Å². The second kappa shape index (κ2) is 5.67. The zero-order chi connectivity index (χ0) is 13.0. The molecule has 1 saturated carbocycles. The molecule has 96 valence electrons. The van der Waals surface area contributed by atoms with Gasteiger partial charge < -0.3 is 10.6 Å². The normalized spacial score (nSPS) is 14.1. The fourth-order valence-electron chi connectivity index (χ4n) is 1.72. The van der Waals surface area contributed by atoms with Gasteiger partial charge in [0.05, 0.1) is 0 Å². The lowest BCUT2D eigenvalue weighted by Crippen LogP contribution is -2.32. The summed E-state index contributed by atoms with van der Waals surface area (Å²) in [5.41, 5.74) is 2.22. The van der Waals surface area contributed by atoms with Gasteiger partial charge in [-0.15, -0.1) is 0 Å². The lowest BCUT2D eigenvalue weighted by atomic mass is 10.1. The van der Waals surface area contributed by atoms with E-state index in [4.69, 9.17) is 0 Å². The number of amides is 2. The second-order valence-corrected chi connectivity index (χ2v) is 4.72. The Labute approximate surface area is 107 Å². The molecule has 0 aromatic heterocycles. The standard InChI is InChI=1S/C14H18N2O2/c1-10-4-2-3-5-11(10)9-15-13(17)8-14(18)16-12-6-7-12/h2-5,12H,6-9H2,1H3,(H,15,17)(H,16,18). The predicted octanol–water partition coefficient (Wildman–Crippen LogP) is 1.28. The van der Waals surface area contributed by atoms with Crippen LogP contribution in [0, 0.1) is 6.92 Å². The van der Waals surface area contributed by atoms with Crippen molar-refractivity contribution in [2.45, 2.75) is 38.8 Å². The van der Waals surface area contributed by atoms with Crippen LogP contribution in [0.15, 0.2) is 24.3 Å². The molecule has 2 amide bonds. The molecule has 0 aliphatic heterocycles. The summed E-state index contributed by atoms with van der Waals surface area (Å²) in [5, 5.41) is 5.56. The van der Waals surface area contributed by atoms with Crippen molar-refractivity contribution in [3.8, 4) is 0 Å². The molecule has 1 aromatic rings. The van der Waals surface area contributed by atoms with Gasteiger partial charge in [0, 0.05) is 12.6 Å². The summed E-state index contributed by atoms with van der Waals surface area (Å²) in [6, 6.07) is 8.18. The van der Waals surface area contributed by atoms with Crippen molar-refractivity contribution in [1.82, 2.24) is 10.6 Å². The SMILES string of the molecule is Cc1ccccc1CNC(=O)CC(=O)NC1CC1. The fraction of sp³-hybridized carbons (Fsp3) is 0.429. The topological polar surface area (TPSA) is 58.2 Å². The smallest absolute Gasteiger partial charge is 0.229 e. The molecule has 1 aromatic carbocycles. The van der Waals surface area contributed by atoms with E-state index in [2.05, 4.69) is 10.6 Å². The maximum absolute atomic E-state index is 11.6. The monoisotopic (exact) mass is 246 g/mol. The lowest BCUT2D eigenvalue weighted by Gasteiger charge is -2.08. The van der Waals surface area contributed by atoms with Crippen molar-refractivity contribution < 1.29 is 9.59 Å². The van der Waals surface area contributed by atoms with Gasteiger partial charge in [-0.1, -0.05) is 24.3 Å². The summed E-state index contributed by atoms with van der Waals surface area (Å²) in [7, 11) is 0. The second-order valence-electron chi connectivity index (χ2n) is 4.72. The Morgan fingerprint density at radius 2 is 1.94 bits per heavy atom. The van der Waals surface area contributed by atoms with Gasteiger partial charge in [-0.25, -0.2) is 0 Å². The van der Waals surface area contributed by atoms with Crippen LogP contribution in [0.25, 0.3) is 0 Å². The van der Waals surface area contributed by atoms with Crippen LogP contribution in [0.3, 0.4) is 0 Å².